The highest BCUT2D eigenvalue weighted by Crippen LogP contribution is 2.26. The number of amides is 2. The molecule has 128 valence electrons. The van der Waals surface area contributed by atoms with E-state index in [4.69, 9.17) is 14.2 Å². The molecule has 1 atom stereocenters. The van der Waals surface area contributed by atoms with E-state index in [1.165, 1.54) is 0 Å². The standard InChI is InChI=1S/C15H28N2O5/c1-14(2,3)22-13(19)17-8-6-15(4,11-17)21-10-12(18)16-7-9-20-5/h6-11H2,1-5H3,(H,16,18). The minimum Gasteiger partial charge on any atom is -0.444 e. The van der Waals surface area contributed by atoms with Crippen molar-refractivity contribution in [2.75, 3.05) is 40.0 Å². The lowest BCUT2D eigenvalue weighted by atomic mass is 10.1. The average Bonchev–Trinajstić information content (AvgIpc) is 2.78. The molecule has 1 heterocycles. The molecule has 1 aliphatic rings. The molecule has 0 aromatic carbocycles. The maximum absolute atomic E-state index is 12.0. The fourth-order valence-electron chi connectivity index (χ4n) is 2.12. The van der Waals surface area contributed by atoms with Crippen LogP contribution in [0, 0.1) is 0 Å². The molecule has 0 aliphatic carbocycles. The minimum absolute atomic E-state index is 0.0254. The van der Waals surface area contributed by atoms with Crippen LogP contribution in [0.15, 0.2) is 0 Å². The van der Waals surface area contributed by atoms with Crippen molar-refractivity contribution >= 4 is 12.0 Å². The molecule has 1 fully saturated rings. The van der Waals surface area contributed by atoms with Crippen LogP contribution in [0.25, 0.3) is 0 Å². The first-order chi connectivity index (χ1) is 10.2. The monoisotopic (exact) mass is 316 g/mol. The van der Waals surface area contributed by atoms with Gasteiger partial charge in [0, 0.05) is 20.2 Å². The van der Waals surface area contributed by atoms with Gasteiger partial charge in [-0.2, -0.15) is 0 Å². The zero-order valence-corrected chi connectivity index (χ0v) is 14.2. The summed E-state index contributed by atoms with van der Waals surface area (Å²) < 4.78 is 15.9. The quantitative estimate of drug-likeness (QED) is 0.744. The van der Waals surface area contributed by atoms with Crippen molar-refractivity contribution in [3.63, 3.8) is 0 Å². The first-order valence-electron chi connectivity index (χ1n) is 7.53. The lowest BCUT2D eigenvalue weighted by Gasteiger charge is -2.27. The van der Waals surface area contributed by atoms with Crippen LogP contribution in [0.5, 0.6) is 0 Å². The maximum Gasteiger partial charge on any atom is 0.410 e. The predicted octanol–water partition coefficient (Wildman–Crippen LogP) is 1.17. The Morgan fingerprint density at radius 1 is 1.32 bits per heavy atom. The van der Waals surface area contributed by atoms with Crippen molar-refractivity contribution in [3.05, 3.63) is 0 Å². The fourth-order valence-corrected chi connectivity index (χ4v) is 2.12. The maximum atomic E-state index is 12.0. The summed E-state index contributed by atoms with van der Waals surface area (Å²) in [4.78, 5) is 25.3. The molecule has 0 bridgehead atoms. The number of likely N-dealkylation sites (tertiary alicyclic amines) is 1. The van der Waals surface area contributed by atoms with Gasteiger partial charge in [-0.1, -0.05) is 0 Å². The van der Waals surface area contributed by atoms with Crippen molar-refractivity contribution < 1.29 is 23.8 Å². The molecule has 2 amide bonds. The number of carbonyl (C=O) groups is 2. The number of nitrogens with zero attached hydrogens (tertiary/aromatic N) is 1. The third kappa shape index (κ3) is 6.62. The third-order valence-corrected chi connectivity index (χ3v) is 3.27. The number of rotatable bonds is 6. The van der Waals surface area contributed by atoms with E-state index in [9.17, 15) is 9.59 Å². The molecule has 1 aliphatic heterocycles. The molecule has 0 spiro atoms. The van der Waals surface area contributed by atoms with Crippen LogP contribution < -0.4 is 5.32 Å². The number of ether oxygens (including phenoxy) is 3. The lowest BCUT2D eigenvalue weighted by molar-refractivity contribution is -0.131. The largest absolute Gasteiger partial charge is 0.444 e. The van der Waals surface area contributed by atoms with E-state index in [1.807, 2.05) is 27.7 Å². The van der Waals surface area contributed by atoms with Gasteiger partial charge in [0.25, 0.3) is 0 Å². The van der Waals surface area contributed by atoms with Crippen LogP contribution in [0.2, 0.25) is 0 Å². The van der Waals surface area contributed by atoms with E-state index in [0.717, 1.165) is 0 Å². The van der Waals surface area contributed by atoms with Crippen molar-refractivity contribution in [3.8, 4) is 0 Å². The van der Waals surface area contributed by atoms with Crippen LogP contribution in [0.4, 0.5) is 4.79 Å². The second-order valence-electron chi connectivity index (χ2n) is 6.73. The minimum atomic E-state index is -0.518. The first kappa shape index (κ1) is 18.7. The summed E-state index contributed by atoms with van der Waals surface area (Å²) in [7, 11) is 1.58. The van der Waals surface area contributed by atoms with Gasteiger partial charge in [0.05, 0.1) is 18.8 Å². The second kappa shape index (κ2) is 7.78. The SMILES string of the molecule is COCCNC(=O)COC1(C)CCN(C(=O)OC(C)(C)C)C1. The van der Waals surface area contributed by atoms with Crippen LogP contribution in [0.3, 0.4) is 0 Å². The van der Waals surface area contributed by atoms with Gasteiger partial charge in [-0.05, 0) is 34.1 Å². The highest BCUT2D eigenvalue weighted by atomic mass is 16.6. The van der Waals surface area contributed by atoms with E-state index in [2.05, 4.69) is 5.32 Å². The predicted molar refractivity (Wildman–Crippen MR) is 81.7 cm³/mol. The van der Waals surface area contributed by atoms with Gasteiger partial charge in [-0.15, -0.1) is 0 Å². The Morgan fingerprint density at radius 3 is 2.59 bits per heavy atom. The van der Waals surface area contributed by atoms with Gasteiger partial charge < -0.3 is 24.4 Å². The molecule has 1 N–H and O–H groups in total. The summed E-state index contributed by atoms with van der Waals surface area (Å²) in [5.41, 5.74) is -1.03. The Labute approximate surface area is 132 Å². The molecular formula is C15H28N2O5. The summed E-state index contributed by atoms with van der Waals surface area (Å²) in [5, 5.41) is 2.70. The average molecular weight is 316 g/mol. The molecule has 1 unspecified atom stereocenters. The lowest BCUT2D eigenvalue weighted by Crippen LogP contribution is -2.41. The Balaban J connectivity index is 2.36. The third-order valence-electron chi connectivity index (χ3n) is 3.27. The van der Waals surface area contributed by atoms with Gasteiger partial charge in [0.1, 0.15) is 12.2 Å². The first-order valence-corrected chi connectivity index (χ1v) is 7.53. The van der Waals surface area contributed by atoms with Gasteiger partial charge in [-0.3, -0.25) is 4.79 Å². The molecule has 1 rings (SSSR count). The number of methoxy groups -OCH3 is 1. The van der Waals surface area contributed by atoms with Gasteiger partial charge in [0.2, 0.25) is 5.91 Å². The van der Waals surface area contributed by atoms with E-state index in [1.54, 1.807) is 12.0 Å². The topological polar surface area (TPSA) is 77.1 Å². The van der Waals surface area contributed by atoms with Crippen molar-refractivity contribution in [2.24, 2.45) is 0 Å². The van der Waals surface area contributed by atoms with Gasteiger partial charge in [-0.25, -0.2) is 4.79 Å². The number of carbonyl (C=O) groups excluding carboxylic acids is 2. The van der Waals surface area contributed by atoms with Crippen LogP contribution >= 0.6 is 0 Å². The van der Waals surface area contributed by atoms with Crippen molar-refractivity contribution in [2.45, 2.75) is 45.3 Å². The van der Waals surface area contributed by atoms with Crippen molar-refractivity contribution in [1.29, 1.82) is 0 Å². The van der Waals surface area contributed by atoms with E-state index in [-0.39, 0.29) is 18.6 Å². The molecular weight excluding hydrogens is 288 g/mol. The summed E-state index contributed by atoms with van der Waals surface area (Å²) in [6, 6.07) is 0. The van der Waals surface area contributed by atoms with Crippen LogP contribution in [-0.2, 0) is 19.0 Å². The zero-order valence-electron chi connectivity index (χ0n) is 14.2. The van der Waals surface area contributed by atoms with Crippen molar-refractivity contribution in [1.82, 2.24) is 10.2 Å². The van der Waals surface area contributed by atoms with Gasteiger partial charge in [0.15, 0.2) is 0 Å². The van der Waals surface area contributed by atoms with E-state index >= 15 is 0 Å². The summed E-state index contributed by atoms with van der Waals surface area (Å²) in [6.07, 6.45) is 0.335. The summed E-state index contributed by atoms with van der Waals surface area (Å²) in [6.45, 7) is 9.30. The normalized spacial score (nSPS) is 21.8. The molecule has 0 radical (unpaired) electrons. The van der Waals surface area contributed by atoms with Crippen LogP contribution in [-0.4, -0.2) is 68.1 Å². The highest BCUT2D eigenvalue weighted by Gasteiger charge is 2.38. The second-order valence-corrected chi connectivity index (χ2v) is 6.73. The molecule has 0 aromatic rings. The number of hydrogen-bond acceptors (Lipinski definition) is 5. The molecule has 7 heteroatoms. The summed E-state index contributed by atoms with van der Waals surface area (Å²) >= 11 is 0. The molecule has 7 nitrogen and oxygen atoms in total. The Morgan fingerprint density at radius 2 is 2.00 bits per heavy atom. The summed E-state index contributed by atoms with van der Waals surface area (Å²) in [5.74, 6) is -0.186. The number of nitrogens with one attached hydrogen (secondary N) is 1. The van der Waals surface area contributed by atoms with E-state index < -0.39 is 11.2 Å². The Hall–Kier alpha value is -1.34. The Kier molecular flexibility index (Phi) is 6.62. The Bertz CT molecular complexity index is 394. The zero-order chi connectivity index (χ0) is 16.8. The molecule has 22 heavy (non-hydrogen) atoms. The van der Waals surface area contributed by atoms with Gasteiger partial charge >= 0.3 is 6.09 Å². The fraction of sp³-hybridized carbons (Fsp3) is 0.867. The van der Waals surface area contributed by atoms with Crippen LogP contribution in [0.1, 0.15) is 34.1 Å². The molecule has 0 aromatic heterocycles. The molecule has 1 saturated heterocycles. The van der Waals surface area contributed by atoms with E-state index in [0.29, 0.717) is 32.7 Å². The number of hydrogen-bond donors (Lipinski definition) is 1. The smallest absolute Gasteiger partial charge is 0.410 e. The molecule has 0 saturated carbocycles. The highest BCUT2D eigenvalue weighted by molar-refractivity contribution is 5.77.